The third-order valence-electron chi connectivity index (χ3n) is 7.39. The molecule has 0 fully saturated rings. The Hall–Kier alpha value is -5.17. The Morgan fingerprint density at radius 2 is 1.72 bits per heavy atom. The van der Waals surface area contributed by atoms with E-state index in [0.717, 1.165) is 20.5 Å². The molecule has 1 aliphatic heterocycles. The van der Waals surface area contributed by atoms with Crippen molar-refractivity contribution in [2.45, 2.75) is 12.8 Å². The summed E-state index contributed by atoms with van der Waals surface area (Å²) in [4.78, 5) is 73.7. The van der Waals surface area contributed by atoms with Crippen molar-refractivity contribution in [3.05, 3.63) is 106 Å². The molecule has 3 heterocycles. The Labute approximate surface area is 249 Å². The lowest BCUT2D eigenvalue weighted by molar-refractivity contribution is -0.759. The van der Waals surface area contributed by atoms with Crippen LogP contribution in [-0.4, -0.2) is 56.9 Å². The number of carboxylic acid groups (broad SMARTS) is 1. The van der Waals surface area contributed by atoms with Crippen LogP contribution in [0.4, 0.5) is 5.00 Å². The van der Waals surface area contributed by atoms with Gasteiger partial charge in [-0.1, -0.05) is 42.5 Å². The average molecular weight is 603 g/mol. The van der Waals surface area contributed by atoms with Gasteiger partial charge in [0.05, 0.1) is 32.7 Å². The number of amides is 3. The maximum absolute atomic E-state index is 13.9. The molecule has 5 rings (SSSR count). The lowest BCUT2D eigenvalue weighted by Crippen LogP contribution is -2.44. The highest BCUT2D eigenvalue weighted by atomic mass is 32.1. The predicted octanol–water partition coefficient (Wildman–Crippen LogP) is 4.31. The van der Waals surface area contributed by atoms with E-state index in [1.54, 1.807) is 67.0 Å². The Balaban J connectivity index is 1.48. The lowest BCUT2D eigenvalue weighted by Gasteiger charge is -2.30. The normalized spacial score (nSPS) is 14.7. The number of imide groups is 1. The van der Waals surface area contributed by atoms with E-state index in [9.17, 15) is 34.4 Å². The van der Waals surface area contributed by atoms with E-state index in [-0.39, 0.29) is 24.0 Å². The molecule has 13 heteroatoms. The van der Waals surface area contributed by atoms with E-state index < -0.39 is 59.7 Å². The Bertz CT molecular complexity index is 1620. The molecule has 0 spiro atoms. The number of carboxylic acids is 1. The fourth-order valence-corrected chi connectivity index (χ4v) is 6.18. The molecule has 3 atom stereocenters. The number of nitrogens with one attached hydrogen (secondary N) is 1. The van der Waals surface area contributed by atoms with Crippen LogP contribution in [0.1, 0.15) is 32.7 Å². The van der Waals surface area contributed by atoms with Gasteiger partial charge < -0.3 is 15.3 Å². The average Bonchev–Trinajstić information content (AvgIpc) is 3.51. The summed E-state index contributed by atoms with van der Waals surface area (Å²) in [5.74, 6) is -6.38. The number of aromatic nitrogens is 1. The Morgan fingerprint density at radius 3 is 2.35 bits per heavy atom. The number of hydrogen-bond donors (Lipinski definition) is 2. The van der Waals surface area contributed by atoms with E-state index in [1.807, 2.05) is 0 Å². The maximum atomic E-state index is 13.9. The van der Waals surface area contributed by atoms with Gasteiger partial charge in [-0.15, -0.1) is 21.5 Å². The van der Waals surface area contributed by atoms with Gasteiger partial charge in [-0.2, -0.15) is 0 Å². The topological polar surface area (TPSA) is 169 Å². The van der Waals surface area contributed by atoms with E-state index in [1.165, 1.54) is 23.5 Å². The third kappa shape index (κ3) is 6.67. The number of hydrogen-bond acceptors (Lipinski definition) is 9. The van der Waals surface area contributed by atoms with E-state index in [0.29, 0.717) is 5.00 Å². The molecule has 3 amide bonds. The molecule has 0 aliphatic carbocycles. The van der Waals surface area contributed by atoms with Crippen molar-refractivity contribution >= 4 is 50.1 Å². The number of carbonyl (C=O) groups excluding carboxylic acids is 3. The monoisotopic (exact) mass is 602 g/mol. The molecule has 4 aromatic rings. The van der Waals surface area contributed by atoms with Crippen LogP contribution in [-0.2, 0) is 20.8 Å². The number of aliphatic carboxylic acids is 1. The van der Waals surface area contributed by atoms with E-state index in [4.69, 9.17) is 4.84 Å². The summed E-state index contributed by atoms with van der Waals surface area (Å²) in [5.41, 5.74) is 1.08. The van der Waals surface area contributed by atoms with Crippen molar-refractivity contribution in [3.63, 3.8) is 0 Å². The largest absolute Gasteiger partial charge is 0.481 e. The molecule has 0 saturated carbocycles. The molecule has 0 radical (unpaired) electrons. The summed E-state index contributed by atoms with van der Waals surface area (Å²) in [6.45, 7) is -1.06. The zero-order valence-corrected chi connectivity index (χ0v) is 23.4. The SMILES string of the molecule is O=C(O)C(Cc1ccccc1)CC(CO[N+](=O)[O-])C(CN1C(=O)c2ccccc2C1=O)C(=O)Nc1cc2ccncc2s1. The number of anilines is 1. The second-order valence-corrected chi connectivity index (χ2v) is 11.2. The Morgan fingerprint density at radius 1 is 1.05 bits per heavy atom. The quantitative estimate of drug-likeness (QED) is 0.129. The number of carbonyl (C=O) groups is 4. The van der Waals surface area contributed by atoms with E-state index in [2.05, 4.69) is 10.3 Å². The summed E-state index contributed by atoms with van der Waals surface area (Å²) in [6, 6.07) is 18.6. The van der Waals surface area contributed by atoms with Crippen LogP contribution < -0.4 is 5.32 Å². The van der Waals surface area contributed by atoms with Crippen molar-refractivity contribution in [1.29, 1.82) is 0 Å². The minimum absolute atomic E-state index is 0.0931. The number of nitrogens with zero attached hydrogens (tertiary/aromatic N) is 3. The molecule has 1 aliphatic rings. The standard InChI is InChI=1S/C30H26N4O8S/c35-27(32-26-14-19-10-11-31-15-25(19)43-26)24(16-33-28(36)22-8-4-5-9-23(22)29(33)37)21(17-42-34(40)41)13-20(30(38)39)12-18-6-2-1-3-7-18/h1-11,14-15,20-21,24H,12-13,16-17H2,(H,32,35)(H,38,39). The molecular weight excluding hydrogens is 576 g/mol. The van der Waals surface area contributed by atoms with Crippen LogP contribution in [0.5, 0.6) is 0 Å². The zero-order chi connectivity index (χ0) is 30.5. The van der Waals surface area contributed by atoms with Gasteiger partial charge in [-0.05, 0) is 54.0 Å². The van der Waals surface area contributed by atoms with Crippen molar-refractivity contribution < 1.29 is 34.2 Å². The Kier molecular flexibility index (Phi) is 8.71. The molecular formula is C30H26N4O8S. The van der Waals surface area contributed by atoms with Crippen LogP contribution in [0.2, 0.25) is 0 Å². The minimum Gasteiger partial charge on any atom is -0.481 e. The summed E-state index contributed by atoms with van der Waals surface area (Å²) < 4.78 is 0.803. The first-order valence-corrected chi connectivity index (χ1v) is 14.2. The zero-order valence-electron chi connectivity index (χ0n) is 22.6. The van der Waals surface area contributed by atoms with Gasteiger partial charge in [0.25, 0.3) is 16.9 Å². The lowest BCUT2D eigenvalue weighted by atomic mass is 9.81. The molecule has 0 bridgehead atoms. The number of fused-ring (bicyclic) bond motifs is 2. The van der Waals surface area contributed by atoms with Crippen LogP contribution >= 0.6 is 11.3 Å². The van der Waals surface area contributed by atoms with Gasteiger partial charge in [-0.25, -0.2) is 0 Å². The first-order valence-electron chi connectivity index (χ1n) is 13.3. The van der Waals surface area contributed by atoms with Crippen LogP contribution in [0.3, 0.4) is 0 Å². The number of benzene rings is 2. The van der Waals surface area contributed by atoms with Gasteiger partial charge in [0.1, 0.15) is 6.61 Å². The summed E-state index contributed by atoms with van der Waals surface area (Å²) >= 11 is 1.25. The number of rotatable bonds is 13. The number of thiophene rings is 1. The van der Waals surface area contributed by atoms with Gasteiger partial charge in [-0.3, -0.25) is 29.1 Å². The smallest absolute Gasteiger partial charge is 0.306 e. The summed E-state index contributed by atoms with van der Waals surface area (Å²) in [7, 11) is 0. The highest BCUT2D eigenvalue weighted by Crippen LogP contribution is 2.33. The molecule has 2 aromatic carbocycles. The van der Waals surface area contributed by atoms with E-state index >= 15 is 0 Å². The fourth-order valence-electron chi connectivity index (χ4n) is 5.25. The minimum atomic E-state index is -1.25. The molecule has 12 nitrogen and oxygen atoms in total. The van der Waals surface area contributed by atoms with Gasteiger partial charge in [0.2, 0.25) is 5.91 Å². The van der Waals surface area contributed by atoms with Crippen molar-refractivity contribution in [2.24, 2.45) is 17.8 Å². The second kappa shape index (κ2) is 12.8. The third-order valence-corrected chi connectivity index (χ3v) is 8.39. The predicted molar refractivity (Wildman–Crippen MR) is 156 cm³/mol. The molecule has 43 heavy (non-hydrogen) atoms. The molecule has 0 saturated heterocycles. The van der Waals surface area contributed by atoms with Crippen molar-refractivity contribution in [2.75, 3.05) is 18.5 Å². The van der Waals surface area contributed by atoms with Gasteiger partial charge in [0, 0.05) is 18.9 Å². The van der Waals surface area contributed by atoms with Gasteiger partial charge >= 0.3 is 5.97 Å². The van der Waals surface area contributed by atoms with Gasteiger partial charge in [0.15, 0.2) is 0 Å². The van der Waals surface area contributed by atoms with Crippen molar-refractivity contribution in [3.8, 4) is 0 Å². The first kappa shape index (κ1) is 29.3. The highest BCUT2D eigenvalue weighted by Gasteiger charge is 2.41. The molecule has 2 N–H and O–H groups in total. The fraction of sp³-hybridized carbons (Fsp3) is 0.233. The first-order chi connectivity index (χ1) is 20.7. The van der Waals surface area contributed by atoms with Crippen molar-refractivity contribution in [1.82, 2.24) is 9.88 Å². The molecule has 2 aromatic heterocycles. The van der Waals surface area contributed by atoms with Crippen LogP contribution in [0.15, 0.2) is 79.1 Å². The second-order valence-electron chi connectivity index (χ2n) is 10.1. The highest BCUT2D eigenvalue weighted by molar-refractivity contribution is 7.22. The molecule has 220 valence electrons. The van der Waals surface area contributed by atoms with Crippen LogP contribution in [0.25, 0.3) is 10.1 Å². The summed E-state index contributed by atoms with van der Waals surface area (Å²) in [6.07, 6.45) is 3.14. The maximum Gasteiger partial charge on any atom is 0.306 e. The number of pyridine rings is 1. The summed E-state index contributed by atoms with van der Waals surface area (Å²) in [5, 5.41) is 24.4. The van der Waals surface area contributed by atoms with Crippen LogP contribution in [0, 0.1) is 27.9 Å². The molecule has 3 unspecified atom stereocenters.